The van der Waals surface area contributed by atoms with Crippen molar-refractivity contribution in [3.63, 3.8) is 0 Å². The number of aromatic nitrogens is 2. The zero-order valence-corrected chi connectivity index (χ0v) is 19.3. The third-order valence-electron chi connectivity index (χ3n) is 5.04. The number of rotatable bonds is 8. The van der Waals surface area contributed by atoms with E-state index in [1.807, 2.05) is 43.3 Å². The summed E-state index contributed by atoms with van der Waals surface area (Å²) in [5.41, 5.74) is 1.37. The molecular formula is C24H28N4O3S. The van der Waals surface area contributed by atoms with Gasteiger partial charge in [-0.05, 0) is 37.0 Å². The molecule has 168 valence electrons. The van der Waals surface area contributed by atoms with Crippen LogP contribution in [0.5, 0.6) is 0 Å². The lowest BCUT2D eigenvalue weighted by molar-refractivity contribution is -0.117. The largest absolute Gasteiger partial charge is 0.338 e. The Balaban J connectivity index is 1.80. The number of benzene rings is 2. The fourth-order valence-corrected chi connectivity index (χ4v) is 4.14. The topological polar surface area (TPSA) is 93.1 Å². The average Bonchev–Trinajstić information content (AvgIpc) is 2.77. The van der Waals surface area contributed by atoms with Crippen molar-refractivity contribution in [3.05, 3.63) is 70.5 Å². The quantitative estimate of drug-likeness (QED) is 0.398. The number of carbonyl (C=O) groups excluding carboxylic acids is 2. The van der Waals surface area contributed by atoms with E-state index in [0.29, 0.717) is 28.5 Å². The average molecular weight is 453 g/mol. The molecule has 0 bridgehead atoms. The highest BCUT2D eigenvalue weighted by Crippen LogP contribution is 2.24. The van der Waals surface area contributed by atoms with Gasteiger partial charge in [0, 0.05) is 6.54 Å². The van der Waals surface area contributed by atoms with Gasteiger partial charge in [-0.2, -0.15) is 0 Å². The van der Waals surface area contributed by atoms with Crippen molar-refractivity contribution in [1.82, 2.24) is 20.2 Å². The van der Waals surface area contributed by atoms with E-state index in [1.165, 1.54) is 0 Å². The summed E-state index contributed by atoms with van der Waals surface area (Å²) in [5, 5.41) is 5.96. The van der Waals surface area contributed by atoms with E-state index in [1.54, 1.807) is 22.8 Å². The summed E-state index contributed by atoms with van der Waals surface area (Å²) in [6.07, 6.45) is 0.834. The lowest BCUT2D eigenvalue weighted by Gasteiger charge is -2.20. The normalized spacial score (nSPS) is 12.0. The lowest BCUT2D eigenvalue weighted by Crippen LogP contribution is -2.41. The summed E-state index contributed by atoms with van der Waals surface area (Å²) in [6.45, 7) is 6.56. The van der Waals surface area contributed by atoms with Gasteiger partial charge in [-0.15, -0.1) is 0 Å². The smallest absolute Gasteiger partial charge is 0.321 e. The van der Waals surface area contributed by atoms with Crippen molar-refractivity contribution in [2.45, 2.75) is 38.4 Å². The molecule has 0 aliphatic rings. The molecule has 0 radical (unpaired) electrons. The molecule has 0 aliphatic heterocycles. The summed E-state index contributed by atoms with van der Waals surface area (Å²) < 4.78 is 1.61. The second-order valence-electron chi connectivity index (χ2n) is 7.95. The molecule has 8 heteroatoms. The summed E-state index contributed by atoms with van der Waals surface area (Å²) in [4.78, 5) is 42.2. The molecule has 2 N–H and O–H groups in total. The molecule has 1 atom stereocenters. The number of para-hydroxylation sites is 1. The number of hydrogen-bond donors (Lipinski definition) is 2. The van der Waals surface area contributed by atoms with Crippen molar-refractivity contribution >= 4 is 34.6 Å². The molecule has 0 saturated heterocycles. The molecule has 3 amide bonds. The number of nitrogens with one attached hydrogen (secondary N) is 2. The van der Waals surface area contributed by atoms with Crippen LogP contribution in [-0.4, -0.2) is 33.8 Å². The van der Waals surface area contributed by atoms with Crippen LogP contribution in [-0.2, 0) is 4.79 Å². The number of hydrogen-bond acceptors (Lipinski definition) is 5. The zero-order valence-electron chi connectivity index (χ0n) is 18.5. The van der Waals surface area contributed by atoms with Gasteiger partial charge in [0.05, 0.1) is 22.7 Å². The third-order valence-corrected chi connectivity index (χ3v) is 5.99. The third kappa shape index (κ3) is 5.97. The maximum absolute atomic E-state index is 13.3. The van der Waals surface area contributed by atoms with Crippen LogP contribution in [0.25, 0.3) is 10.9 Å². The van der Waals surface area contributed by atoms with E-state index in [-0.39, 0.29) is 17.4 Å². The fourth-order valence-electron chi connectivity index (χ4n) is 3.26. The highest BCUT2D eigenvalue weighted by Gasteiger charge is 2.19. The van der Waals surface area contributed by atoms with Gasteiger partial charge in [0.1, 0.15) is 0 Å². The lowest BCUT2D eigenvalue weighted by atomic mass is 10.1. The molecule has 1 aromatic heterocycles. The minimum absolute atomic E-state index is 0.0378. The molecule has 1 heterocycles. The maximum Gasteiger partial charge on any atom is 0.321 e. The number of carbonyl (C=O) groups is 2. The van der Waals surface area contributed by atoms with Crippen LogP contribution in [0.2, 0.25) is 0 Å². The molecule has 32 heavy (non-hydrogen) atoms. The van der Waals surface area contributed by atoms with Gasteiger partial charge < -0.3 is 5.32 Å². The van der Waals surface area contributed by atoms with Gasteiger partial charge in [-0.25, -0.2) is 9.78 Å². The Morgan fingerprint density at radius 2 is 1.72 bits per heavy atom. The highest BCUT2D eigenvalue weighted by molar-refractivity contribution is 7.99. The molecule has 0 saturated carbocycles. The molecule has 1 unspecified atom stereocenters. The van der Waals surface area contributed by atoms with Crippen LogP contribution in [0.4, 0.5) is 4.79 Å². The number of fused-ring (bicyclic) bond motifs is 1. The second-order valence-corrected chi connectivity index (χ2v) is 8.89. The summed E-state index contributed by atoms with van der Waals surface area (Å²) in [7, 11) is 0. The van der Waals surface area contributed by atoms with Crippen molar-refractivity contribution in [3.8, 4) is 0 Å². The Morgan fingerprint density at radius 1 is 1.03 bits per heavy atom. The van der Waals surface area contributed by atoms with Crippen molar-refractivity contribution in [2.24, 2.45) is 5.92 Å². The Kier molecular flexibility index (Phi) is 8.05. The van der Waals surface area contributed by atoms with Gasteiger partial charge in [-0.1, -0.05) is 68.1 Å². The summed E-state index contributed by atoms with van der Waals surface area (Å²) >= 11 is 1.14. The molecule has 0 aliphatic carbocycles. The predicted octanol–water partition coefficient (Wildman–Crippen LogP) is 3.97. The van der Waals surface area contributed by atoms with Crippen molar-refractivity contribution < 1.29 is 9.59 Å². The minimum atomic E-state index is -0.516. The fraction of sp³-hybridized carbons (Fsp3) is 0.333. The minimum Gasteiger partial charge on any atom is -0.338 e. The Bertz CT molecular complexity index is 1140. The van der Waals surface area contributed by atoms with E-state index < -0.39 is 11.9 Å². The van der Waals surface area contributed by atoms with Crippen LogP contribution in [0.3, 0.4) is 0 Å². The van der Waals surface area contributed by atoms with E-state index in [0.717, 1.165) is 23.7 Å². The number of urea groups is 1. The van der Waals surface area contributed by atoms with Crippen LogP contribution < -0.4 is 16.2 Å². The van der Waals surface area contributed by atoms with Gasteiger partial charge in [0.25, 0.3) is 5.56 Å². The highest BCUT2D eigenvalue weighted by atomic mass is 32.2. The standard InChI is InChI=1S/C24H28N4O3S/c1-16(2)13-14-25-23(31)27-21(29)15-32-24-26-20-12-8-7-11-19(20)22(30)28(24)17(3)18-9-5-4-6-10-18/h4-12,16-17H,13-15H2,1-3H3,(H2,25,27,29,31). The first-order valence-corrected chi connectivity index (χ1v) is 11.6. The first kappa shape index (κ1) is 23.5. The molecule has 3 rings (SSSR count). The number of thioether (sulfide) groups is 1. The van der Waals surface area contributed by atoms with Crippen LogP contribution in [0, 0.1) is 5.92 Å². The van der Waals surface area contributed by atoms with Gasteiger partial charge in [0.2, 0.25) is 5.91 Å². The van der Waals surface area contributed by atoms with Crippen molar-refractivity contribution in [1.29, 1.82) is 0 Å². The molecule has 0 fully saturated rings. The summed E-state index contributed by atoms with van der Waals surface area (Å²) in [5.74, 6) is -0.0218. The second kappa shape index (κ2) is 10.9. The summed E-state index contributed by atoms with van der Waals surface area (Å²) in [6, 6.07) is 16.0. The van der Waals surface area contributed by atoms with Crippen LogP contribution in [0.1, 0.15) is 38.8 Å². The molecule has 7 nitrogen and oxygen atoms in total. The number of nitrogens with zero attached hydrogens (tertiary/aromatic N) is 2. The zero-order chi connectivity index (χ0) is 23.1. The van der Waals surface area contributed by atoms with E-state index >= 15 is 0 Å². The molecular weight excluding hydrogens is 424 g/mol. The van der Waals surface area contributed by atoms with E-state index in [4.69, 9.17) is 0 Å². The van der Waals surface area contributed by atoms with Gasteiger partial charge in [0.15, 0.2) is 5.16 Å². The van der Waals surface area contributed by atoms with Crippen LogP contribution >= 0.6 is 11.8 Å². The molecule has 0 spiro atoms. The van der Waals surface area contributed by atoms with E-state index in [2.05, 4.69) is 29.5 Å². The van der Waals surface area contributed by atoms with Crippen LogP contribution in [0.15, 0.2) is 64.5 Å². The van der Waals surface area contributed by atoms with Gasteiger partial charge in [-0.3, -0.25) is 19.5 Å². The predicted molar refractivity (Wildman–Crippen MR) is 128 cm³/mol. The Morgan fingerprint density at radius 3 is 2.44 bits per heavy atom. The maximum atomic E-state index is 13.3. The Hall–Kier alpha value is -3.13. The number of imide groups is 1. The van der Waals surface area contributed by atoms with E-state index in [9.17, 15) is 14.4 Å². The van der Waals surface area contributed by atoms with Gasteiger partial charge >= 0.3 is 6.03 Å². The Labute approximate surface area is 191 Å². The molecule has 2 aromatic carbocycles. The van der Waals surface area contributed by atoms with Crippen molar-refractivity contribution in [2.75, 3.05) is 12.3 Å². The first-order chi connectivity index (χ1) is 15.4. The number of amides is 3. The first-order valence-electron chi connectivity index (χ1n) is 10.6. The monoisotopic (exact) mass is 452 g/mol. The molecule has 3 aromatic rings. The SMILES string of the molecule is CC(C)CCNC(=O)NC(=O)CSc1nc2ccccc2c(=O)n1C(C)c1ccccc1.